The van der Waals surface area contributed by atoms with Crippen molar-refractivity contribution in [2.45, 2.75) is 0 Å². The Morgan fingerprint density at radius 3 is 2.48 bits per heavy atom. The number of ether oxygens (including phenoxy) is 2. The van der Waals surface area contributed by atoms with Crippen LogP contribution in [0.4, 0.5) is 5.69 Å². The van der Waals surface area contributed by atoms with E-state index in [1.165, 1.54) is 4.90 Å². The number of benzene rings is 2. The molecule has 0 unspecified atom stereocenters. The highest BCUT2D eigenvalue weighted by molar-refractivity contribution is 9.10. The number of nitrogens with zero attached hydrogens (tertiary/aromatic N) is 1. The third-order valence-electron chi connectivity index (χ3n) is 3.70. The van der Waals surface area contributed by atoms with Gasteiger partial charge in [0.1, 0.15) is 17.2 Å². The third kappa shape index (κ3) is 3.52. The normalized spacial score (nSPS) is 15.5. The topological polar surface area (TPSA) is 50.8 Å². The van der Waals surface area contributed by atoms with E-state index in [0.717, 1.165) is 10.0 Å². The van der Waals surface area contributed by atoms with Crippen LogP contribution in [0.3, 0.4) is 0 Å². The summed E-state index contributed by atoms with van der Waals surface area (Å²) in [7, 11) is 3.16. The quantitative estimate of drug-likeness (QED) is 0.605. The number of thiocarbonyl (C=S) groups is 1. The molecule has 1 amide bonds. The lowest BCUT2D eigenvalue weighted by atomic mass is 10.1. The predicted octanol–water partition coefficient (Wildman–Crippen LogP) is 3.73. The minimum absolute atomic E-state index is 0.217. The first-order chi connectivity index (χ1) is 12.0. The number of carbonyl (C=O) groups is 1. The molecule has 1 fully saturated rings. The van der Waals surface area contributed by atoms with Gasteiger partial charge in [-0.2, -0.15) is 0 Å². The van der Waals surface area contributed by atoms with Gasteiger partial charge in [0.05, 0.1) is 19.9 Å². The van der Waals surface area contributed by atoms with Gasteiger partial charge in [-0.3, -0.25) is 9.69 Å². The Hall–Kier alpha value is -2.38. The molecule has 5 nitrogen and oxygen atoms in total. The van der Waals surface area contributed by atoms with E-state index in [1.54, 1.807) is 32.4 Å². The Morgan fingerprint density at radius 1 is 1.12 bits per heavy atom. The number of nitrogens with one attached hydrogen (secondary N) is 1. The largest absolute Gasteiger partial charge is 0.497 e. The molecule has 0 aliphatic carbocycles. The van der Waals surface area contributed by atoms with E-state index in [2.05, 4.69) is 21.2 Å². The molecule has 2 aromatic carbocycles. The molecular weight excluding hydrogens is 404 g/mol. The van der Waals surface area contributed by atoms with Crippen molar-refractivity contribution in [3.8, 4) is 11.5 Å². The van der Waals surface area contributed by atoms with Crippen LogP contribution < -0.4 is 19.7 Å². The lowest BCUT2D eigenvalue weighted by Crippen LogP contribution is -2.30. The van der Waals surface area contributed by atoms with Crippen LogP contribution in [0.2, 0.25) is 0 Å². The molecule has 1 aliphatic rings. The summed E-state index contributed by atoms with van der Waals surface area (Å²) in [4.78, 5) is 14.2. The van der Waals surface area contributed by atoms with Gasteiger partial charge in [0.15, 0.2) is 5.11 Å². The van der Waals surface area contributed by atoms with E-state index < -0.39 is 0 Å². The van der Waals surface area contributed by atoms with Gasteiger partial charge in [0, 0.05) is 16.1 Å². The second-order valence-electron chi connectivity index (χ2n) is 5.21. The molecule has 0 spiro atoms. The summed E-state index contributed by atoms with van der Waals surface area (Å²) in [5, 5.41) is 3.30. The fourth-order valence-corrected chi connectivity index (χ4v) is 3.02. The van der Waals surface area contributed by atoms with Crippen LogP contribution in [0.15, 0.2) is 52.6 Å². The van der Waals surface area contributed by atoms with Gasteiger partial charge < -0.3 is 14.8 Å². The van der Waals surface area contributed by atoms with E-state index >= 15 is 0 Å². The molecule has 0 aromatic heterocycles. The van der Waals surface area contributed by atoms with Crippen molar-refractivity contribution < 1.29 is 14.3 Å². The summed E-state index contributed by atoms with van der Waals surface area (Å²) in [6, 6.07) is 12.8. The SMILES string of the molecule is COc1ccc(/C=C2/NC(=S)N(c3ccc(Br)cc3)C2=O)c(OC)c1. The molecule has 0 radical (unpaired) electrons. The van der Waals surface area contributed by atoms with Crippen molar-refractivity contribution in [1.29, 1.82) is 0 Å². The minimum Gasteiger partial charge on any atom is -0.497 e. The summed E-state index contributed by atoms with van der Waals surface area (Å²) in [6.07, 6.45) is 1.71. The van der Waals surface area contributed by atoms with Crippen molar-refractivity contribution in [1.82, 2.24) is 5.32 Å². The molecule has 0 saturated carbocycles. The first-order valence-electron chi connectivity index (χ1n) is 7.38. The number of hydrogen-bond acceptors (Lipinski definition) is 4. The zero-order valence-corrected chi connectivity index (χ0v) is 16.0. The number of amides is 1. The van der Waals surface area contributed by atoms with Crippen molar-refractivity contribution in [2.75, 3.05) is 19.1 Å². The number of anilines is 1. The highest BCUT2D eigenvalue weighted by atomic mass is 79.9. The van der Waals surface area contributed by atoms with Crippen LogP contribution in [0.1, 0.15) is 5.56 Å². The maximum Gasteiger partial charge on any atom is 0.281 e. The van der Waals surface area contributed by atoms with Gasteiger partial charge in [-0.1, -0.05) is 15.9 Å². The van der Waals surface area contributed by atoms with Crippen LogP contribution in [-0.4, -0.2) is 25.2 Å². The van der Waals surface area contributed by atoms with Crippen LogP contribution >= 0.6 is 28.1 Å². The Labute approximate surface area is 159 Å². The fraction of sp³-hybridized carbons (Fsp3) is 0.111. The van der Waals surface area contributed by atoms with E-state index in [4.69, 9.17) is 21.7 Å². The van der Waals surface area contributed by atoms with Crippen molar-refractivity contribution in [3.05, 3.63) is 58.2 Å². The highest BCUT2D eigenvalue weighted by Gasteiger charge is 2.32. The second-order valence-corrected chi connectivity index (χ2v) is 6.52. The first-order valence-corrected chi connectivity index (χ1v) is 8.58. The van der Waals surface area contributed by atoms with E-state index in [9.17, 15) is 4.79 Å². The Kier molecular flexibility index (Phi) is 5.06. The van der Waals surface area contributed by atoms with E-state index in [-0.39, 0.29) is 5.91 Å². The number of halogens is 1. The van der Waals surface area contributed by atoms with Crippen molar-refractivity contribution in [3.63, 3.8) is 0 Å². The van der Waals surface area contributed by atoms with Gasteiger partial charge in [-0.25, -0.2) is 0 Å². The number of carbonyl (C=O) groups excluding carboxylic acids is 1. The fourth-order valence-electron chi connectivity index (χ4n) is 2.45. The van der Waals surface area contributed by atoms with Gasteiger partial charge in [-0.05, 0) is 54.7 Å². The Morgan fingerprint density at radius 2 is 1.84 bits per heavy atom. The number of methoxy groups -OCH3 is 2. The monoisotopic (exact) mass is 418 g/mol. The Balaban J connectivity index is 1.94. The van der Waals surface area contributed by atoms with E-state index in [1.807, 2.05) is 30.3 Å². The standard InChI is InChI=1S/C18H15BrN2O3S/c1-23-14-8-3-11(16(10-14)24-2)9-15-17(22)21(18(25)20-15)13-6-4-12(19)5-7-13/h3-10H,1-2H3,(H,20,25)/b15-9+. The van der Waals surface area contributed by atoms with Crippen molar-refractivity contribution in [2.24, 2.45) is 0 Å². The zero-order valence-electron chi connectivity index (χ0n) is 13.6. The molecule has 1 heterocycles. The number of hydrogen-bond donors (Lipinski definition) is 1. The first kappa shape index (κ1) is 17.4. The summed E-state index contributed by atoms with van der Waals surface area (Å²) < 4.78 is 11.5. The van der Waals surface area contributed by atoms with Gasteiger partial charge in [0.2, 0.25) is 0 Å². The van der Waals surface area contributed by atoms with Crippen LogP contribution in [0, 0.1) is 0 Å². The summed E-state index contributed by atoms with van der Waals surface area (Å²) in [5.74, 6) is 1.07. The van der Waals surface area contributed by atoms with Crippen LogP contribution in [0.5, 0.6) is 11.5 Å². The molecule has 2 aromatic rings. The average Bonchev–Trinajstić information content (AvgIpc) is 2.90. The summed E-state index contributed by atoms with van der Waals surface area (Å²) >= 11 is 8.70. The summed E-state index contributed by atoms with van der Waals surface area (Å²) in [5.41, 5.74) is 1.84. The highest BCUT2D eigenvalue weighted by Crippen LogP contribution is 2.29. The molecule has 0 bridgehead atoms. The molecule has 128 valence electrons. The molecule has 1 saturated heterocycles. The lowest BCUT2D eigenvalue weighted by Gasteiger charge is -2.13. The smallest absolute Gasteiger partial charge is 0.281 e. The van der Waals surface area contributed by atoms with Crippen LogP contribution in [0.25, 0.3) is 6.08 Å². The molecule has 1 aliphatic heterocycles. The molecular formula is C18H15BrN2O3S. The zero-order chi connectivity index (χ0) is 18.0. The van der Waals surface area contributed by atoms with Gasteiger partial charge in [0.25, 0.3) is 5.91 Å². The molecule has 0 atom stereocenters. The van der Waals surface area contributed by atoms with Gasteiger partial charge in [-0.15, -0.1) is 0 Å². The molecule has 7 heteroatoms. The molecule has 1 N–H and O–H groups in total. The molecule has 3 rings (SSSR count). The predicted molar refractivity (Wildman–Crippen MR) is 105 cm³/mol. The van der Waals surface area contributed by atoms with E-state index in [0.29, 0.717) is 28.0 Å². The average molecular weight is 419 g/mol. The third-order valence-corrected chi connectivity index (χ3v) is 4.52. The Bertz CT molecular complexity index is 865. The van der Waals surface area contributed by atoms with Crippen molar-refractivity contribution >= 4 is 50.9 Å². The maximum atomic E-state index is 12.8. The lowest BCUT2D eigenvalue weighted by molar-refractivity contribution is -0.113. The minimum atomic E-state index is -0.217. The second kappa shape index (κ2) is 7.25. The van der Waals surface area contributed by atoms with Gasteiger partial charge >= 0.3 is 0 Å². The number of rotatable bonds is 4. The molecule has 25 heavy (non-hydrogen) atoms. The van der Waals surface area contributed by atoms with Crippen LogP contribution in [-0.2, 0) is 4.79 Å². The summed E-state index contributed by atoms with van der Waals surface area (Å²) in [6.45, 7) is 0. The maximum absolute atomic E-state index is 12.8.